The van der Waals surface area contributed by atoms with E-state index in [9.17, 15) is 0 Å². The zero-order valence-electron chi connectivity index (χ0n) is 11.0. The van der Waals surface area contributed by atoms with Crippen LogP contribution in [0.1, 0.15) is 35.2 Å². The third-order valence-corrected chi connectivity index (χ3v) is 4.12. The first kappa shape index (κ1) is 12.6. The first-order valence-corrected chi connectivity index (χ1v) is 7.12. The molecule has 1 aliphatic heterocycles. The van der Waals surface area contributed by atoms with Gasteiger partial charge in [-0.15, -0.1) is 0 Å². The second-order valence-electron chi connectivity index (χ2n) is 4.92. The molecule has 3 heteroatoms. The summed E-state index contributed by atoms with van der Waals surface area (Å²) in [7, 11) is 0. The summed E-state index contributed by atoms with van der Waals surface area (Å²) in [5, 5.41) is 4.34. The summed E-state index contributed by atoms with van der Waals surface area (Å²) >= 11 is 6.32. The summed E-state index contributed by atoms with van der Waals surface area (Å²) in [5.41, 5.74) is 5.20. The average Bonchev–Trinajstić information content (AvgIpc) is 2.47. The minimum atomic E-state index is 0.163. The number of nitrogens with zero attached hydrogens (tertiary/aromatic N) is 1. The molecule has 0 amide bonds. The Kier molecular flexibility index (Phi) is 3.54. The van der Waals surface area contributed by atoms with Gasteiger partial charge in [0.25, 0.3) is 0 Å². The van der Waals surface area contributed by atoms with Crippen LogP contribution in [0.4, 0.5) is 0 Å². The molecular formula is C16H17ClN2. The molecule has 0 spiro atoms. The second kappa shape index (κ2) is 5.32. The SMILES string of the molecule is CCc1ccc2c(c1)C(c1cnccc1Cl)NCC2. The molecule has 3 rings (SSSR count). The number of pyridine rings is 1. The Morgan fingerprint density at radius 1 is 1.32 bits per heavy atom. The number of fused-ring (bicyclic) bond motifs is 1. The number of nitrogens with one attached hydrogen (secondary N) is 1. The molecular weight excluding hydrogens is 256 g/mol. The smallest absolute Gasteiger partial charge is 0.0609 e. The van der Waals surface area contributed by atoms with Crippen LogP contribution in [0.2, 0.25) is 5.02 Å². The molecule has 1 N–H and O–H groups in total. The first-order valence-electron chi connectivity index (χ1n) is 6.74. The first-order chi connectivity index (χ1) is 9.29. The lowest BCUT2D eigenvalue weighted by atomic mass is 9.89. The van der Waals surface area contributed by atoms with Crippen molar-refractivity contribution in [2.24, 2.45) is 0 Å². The van der Waals surface area contributed by atoms with Crippen molar-refractivity contribution in [2.45, 2.75) is 25.8 Å². The van der Waals surface area contributed by atoms with Gasteiger partial charge >= 0.3 is 0 Å². The van der Waals surface area contributed by atoms with Crippen molar-refractivity contribution in [3.8, 4) is 0 Å². The fourth-order valence-electron chi connectivity index (χ4n) is 2.70. The van der Waals surface area contributed by atoms with Crippen LogP contribution in [0.15, 0.2) is 36.7 Å². The maximum atomic E-state index is 6.32. The van der Waals surface area contributed by atoms with Crippen LogP contribution in [0.3, 0.4) is 0 Å². The Balaban J connectivity index is 2.09. The van der Waals surface area contributed by atoms with Gasteiger partial charge in [0.05, 0.1) is 6.04 Å². The van der Waals surface area contributed by atoms with Crippen molar-refractivity contribution < 1.29 is 0 Å². The topological polar surface area (TPSA) is 24.9 Å². The van der Waals surface area contributed by atoms with E-state index in [0.29, 0.717) is 0 Å². The molecule has 2 nitrogen and oxygen atoms in total. The molecule has 0 radical (unpaired) electrons. The van der Waals surface area contributed by atoms with Crippen LogP contribution in [0, 0.1) is 0 Å². The van der Waals surface area contributed by atoms with Gasteiger partial charge in [-0.25, -0.2) is 0 Å². The Labute approximate surface area is 118 Å². The van der Waals surface area contributed by atoms with Crippen molar-refractivity contribution in [1.82, 2.24) is 10.3 Å². The van der Waals surface area contributed by atoms with Gasteiger partial charge in [-0.1, -0.05) is 36.7 Å². The largest absolute Gasteiger partial charge is 0.306 e. The predicted molar refractivity (Wildman–Crippen MR) is 78.6 cm³/mol. The third kappa shape index (κ3) is 2.38. The number of aryl methyl sites for hydroxylation is 1. The molecule has 19 heavy (non-hydrogen) atoms. The number of benzene rings is 1. The van der Waals surface area contributed by atoms with Gasteiger partial charge in [0.1, 0.15) is 0 Å². The van der Waals surface area contributed by atoms with Crippen LogP contribution in [-0.2, 0) is 12.8 Å². The van der Waals surface area contributed by atoms with E-state index < -0.39 is 0 Å². The van der Waals surface area contributed by atoms with Gasteiger partial charge < -0.3 is 5.32 Å². The maximum absolute atomic E-state index is 6.32. The van der Waals surface area contributed by atoms with Crippen LogP contribution in [0.25, 0.3) is 0 Å². The third-order valence-electron chi connectivity index (χ3n) is 3.78. The van der Waals surface area contributed by atoms with Gasteiger partial charge in [-0.05, 0) is 35.6 Å². The van der Waals surface area contributed by atoms with E-state index in [0.717, 1.165) is 30.0 Å². The Morgan fingerprint density at radius 3 is 3.00 bits per heavy atom. The van der Waals surface area contributed by atoms with Crippen molar-refractivity contribution >= 4 is 11.6 Å². The highest BCUT2D eigenvalue weighted by atomic mass is 35.5. The second-order valence-corrected chi connectivity index (χ2v) is 5.33. The van der Waals surface area contributed by atoms with Gasteiger partial charge in [0, 0.05) is 29.5 Å². The monoisotopic (exact) mass is 272 g/mol. The zero-order chi connectivity index (χ0) is 13.2. The lowest BCUT2D eigenvalue weighted by Gasteiger charge is -2.28. The van der Waals surface area contributed by atoms with Crippen LogP contribution >= 0.6 is 11.6 Å². The van der Waals surface area contributed by atoms with E-state index >= 15 is 0 Å². The maximum Gasteiger partial charge on any atom is 0.0609 e. The fraction of sp³-hybridized carbons (Fsp3) is 0.312. The molecule has 0 fully saturated rings. The number of halogens is 1. The zero-order valence-corrected chi connectivity index (χ0v) is 11.7. The Bertz CT molecular complexity index is 595. The van der Waals surface area contributed by atoms with E-state index in [-0.39, 0.29) is 6.04 Å². The van der Waals surface area contributed by atoms with Crippen LogP contribution in [0.5, 0.6) is 0 Å². The van der Waals surface area contributed by atoms with E-state index in [1.165, 1.54) is 16.7 Å². The molecule has 1 aromatic heterocycles. The van der Waals surface area contributed by atoms with Gasteiger partial charge in [0.2, 0.25) is 0 Å². The molecule has 2 heterocycles. The van der Waals surface area contributed by atoms with Gasteiger partial charge in [-0.3, -0.25) is 4.98 Å². The molecule has 0 bridgehead atoms. The highest BCUT2D eigenvalue weighted by molar-refractivity contribution is 6.31. The molecule has 1 aliphatic rings. The predicted octanol–water partition coefficient (Wildman–Crippen LogP) is 3.53. The molecule has 1 unspecified atom stereocenters. The summed E-state index contributed by atoms with van der Waals surface area (Å²) in [6.07, 6.45) is 5.74. The standard InChI is InChI=1S/C16H17ClN2/c1-2-11-3-4-12-5-8-19-16(13(12)9-11)14-10-18-7-6-15(14)17/h3-4,6-7,9-10,16,19H,2,5,8H2,1H3. The molecule has 0 aliphatic carbocycles. The molecule has 1 atom stereocenters. The Morgan fingerprint density at radius 2 is 2.21 bits per heavy atom. The molecule has 98 valence electrons. The quantitative estimate of drug-likeness (QED) is 0.905. The van der Waals surface area contributed by atoms with E-state index in [1.807, 2.05) is 12.3 Å². The van der Waals surface area contributed by atoms with Crippen molar-refractivity contribution in [2.75, 3.05) is 6.54 Å². The van der Waals surface area contributed by atoms with Crippen LogP contribution in [-0.4, -0.2) is 11.5 Å². The lowest BCUT2D eigenvalue weighted by molar-refractivity contribution is 0.566. The number of hydrogen-bond donors (Lipinski definition) is 1. The molecule has 0 saturated carbocycles. The minimum absolute atomic E-state index is 0.163. The summed E-state index contributed by atoms with van der Waals surface area (Å²) in [6, 6.07) is 8.81. The van der Waals surface area contributed by atoms with E-state index in [4.69, 9.17) is 11.6 Å². The summed E-state index contributed by atoms with van der Waals surface area (Å²) in [5.74, 6) is 0. The summed E-state index contributed by atoms with van der Waals surface area (Å²) < 4.78 is 0. The fourth-order valence-corrected chi connectivity index (χ4v) is 2.92. The Hall–Kier alpha value is -1.38. The van der Waals surface area contributed by atoms with Gasteiger partial charge in [0.15, 0.2) is 0 Å². The lowest BCUT2D eigenvalue weighted by Crippen LogP contribution is -2.31. The summed E-state index contributed by atoms with van der Waals surface area (Å²) in [4.78, 5) is 4.21. The summed E-state index contributed by atoms with van der Waals surface area (Å²) in [6.45, 7) is 3.17. The highest BCUT2D eigenvalue weighted by Gasteiger charge is 2.23. The average molecular weight is 273 g/mol. The van der Waals surface area contributed by atoms with E-state index in [1.54, 1.807) is 6.20 Å². The number of rotatable bonds is 2. The normalized spacial score (nSPS) is 18.1. The van der Waals surface area contributed by atoms with Crippen molar-refractivity contribution in [3.63, 3.8) is 0 Å². The van der Waals surface area contributed by atoms with Crippen molar-refractivity contribution in [1.29, 1.82) is 0 Å². The number of aromatic nitrogens is 1. The number of hydrogen-bond acceptors (Lipinski definition) is 2. The van der Waals surface area contributed by atoms with E-state index in [2.05, 4.69) is 35.4 Å². The van der Waals surface area contributed by atoms with Crippen molar-refractivity contribution in [3.05, 3.63) is 63.9 Å². The highest BCUT2D eigenvalue weighted by Crippen LogP contribution is 2.32. The van der Waals surface area contributed by atoms with Gasteiger partial charge in [-0.2, -0.15) is 0 Å². The molecule has 0 saturated heterocycles. The minimum Gasteiger partial charge on any atom is -0.306 e. The molecule has 1 aromatic carbocycles. The van der Waals surface area contributed by atoms with Crippen LogP contribution < -0.4 is 5.32 Å². The molecule has 2 aromatic rings.